The first-order valence-corrected chi connectivity index (χ1v) is 12.3. The molecule has 0 atom stereocenters. The molecule has 0 aliphatic heterocycles. The summed E-state index contributed by atoms with van der Waals surface area (Å²) < 4.78 is 1.81. The Balaban J connectivity index is 1.25. The van der Waals surface area contributed by atoms with E-state index in [1.54, 1.807) is 28.2 Å². The molecule has 3 N–H and O–H groups in total. The van der Waals surface area contributed by atoms with Crippen LogP contribution in [0.25, 0.3) is 21.7 Å². The van der Waals surface area contributed by atoms with Crippen molar-refractivity contribution >= 4 is 40.2 Å². The Kier molecular flexibility index (Phi) is 6.61. The molecule has 0 aliphatic rings. The Hall–Kier alpha value is -3.94. The second-order valence-corrected chi connectivity index (χ2v) is 9.44. The third kappa shape index (κ3) is 5.42. The molecule has 1 amide bonds. The van der Waals surface area contributed by atoms with Gasteiger partial charge >= 0.3 is 0 Å². The predicted molar refractivity (Wildman–Crippen MR) is 143 cm³/mol. The molecule has 0 bridgehead atoms. The van der Waals surface area contributed by atoms with Gasteiger partial charge in [-0.05, 0) is 65.4 Å². The number of benzene rings is 3. The summed E-state index contributed by atoms with van der Waals surface area (Å²) in [7, 11) is 0. The summed E-state index contributed by atoms with van der Waals surface area (Å²) in [6.45, 7) is 0.694. The summed E-state index contributed by atoms with van der Waals surface area (Å²) in [5.74, 6) is -0.225. The van der Waals surface area contributed by atoms with Crippen LogP contribution < -0.4 is 11.1 Å². The number of amides is 1. The number of rotatable bonds is 7. The van der Waals surface area contributed by atoms with E-state index in [0.717, 1.165) is 38.7 Å². The van der Waals surface area contributed by atoms with Gasteiger partial charge in [-0.15, -0.1) is 16.4 Å². The first-order valence-electron chi connectivity index (χ1n) is 11.0. The van der Waals surface area contributed by atoms with Crippen molar-refractivity contribution in [3.8, 4) is 21.7 Å². The lowest BCUT2D eigenvalue weighted by atomic mass is 10.1. The smallest absolute Gasteiger partial charge is 0.255 e. The lowest BCUT2D eigenvalue weighted by Crippen LogP contribution is -2.13. The van der Waals surface area contributed by atoms with Gasteiger partial charge in [0, 0.05) is 27.6 Å². The molecule has 0 saturated heterocycles. The van der Waals surface area contributed by atoms with Gasteiger partial charge in [0.15, 0.2) is 0 Å². The Bertz CT molecular complexity index is 1460. The molecule has 5 rings (SSSR count). The van der Waals surface area contributed by atoms with E-state index >= 15 is 0 Å². The molecule has 0 spiro atoms. The molecule has 3 aromatic carbocycles. The number of nitrogens with two attached hydrogens (primary N) is 1. The van der Waals surface area contributed by atoms with Gasteiger partial charge < -0.3 is 11.1 Å². The molecule has 174 valence electrons. The highest BCUT2D eigenvalue weighted by Crippen LogP contribution is 2.30. The van der Waals surface area contributed by atoms with E-state index in [1.165, 1.54) is 0 Å². The van der Waals surface area contributed by atoms with Crippen molar-refractivity contribution in [3.05, 3.63) is 107 Å². The van der Waals surface area contributed by atoms with Crippen molar-refractivity contribution in [3.63, 3.8) is 0 Å². The molecule has 0 radical (unpaired) electrons. The Morgan fingerprint density at radius 1 is 1.00 bits per heavy atom. The molecule has 5 aromatic rings. The fourth-order valence-corrected chi connectivity index (χ4v) is 4.66. The number of carbonyl (C=O) groups excluding carboxylic acids is 1. The molecule has 2 heterocycles. The van der Waals surface area contributed by atoms with Crippen molar-refractivity contribution in [2.24, 2.45) is 0 Å². The standard InChI is InChI=1S/C27H22ClN5OS/c28-22-4-1-3-18(15-22)12-13-33-17-25(31-32-33)19-6-8-20(9-7-19)27(34)30-24-16-21(10-11-23(24)29)26-5-2-14-35-26/h1-11,14-17H,12-13,29H2,(H,30,34). The van der Waals surface area contributed by atoms with Crippen molar-refractivity contribution < 1.29 is 4.79 Å². The minimum Gasteiger partial charge on any atom is -0.397 e. The van der Waals surface area contributed by atoms with E-state index in [-0.39, 0.29) is 5.91 Å². The van der Waals surface area contributed by atoms with Crippen LogP contribution in [0.15, 0.2) is 90.4 Å². The van der Waals surface area contributed by atoms with Crippen LogP contribution in [-0.4, -0.2) is 20.9 Å². The Morgan fingerprint density at radius 2 is 1.83 bits per heavy atom. The van der Waals surface area contributed by atoms with Crippen molar-refractivity contribution in [2.75, 3.05) is 11.1 Å². The van der Waals surface area contributed by atoms with Crippen LogP contribution >= 0.6 is 22.9 Å². The molecule has 8 heteroatoms. The molecular weight excluding hydrogens is 478 g/mol. The maximum Gasteiger partial charge on any atom is 0.255 e. The number of nitrogen functional groups attached to an aromatic ring is 1. The number of anilines is 2. The van der Waals surface area contributed by atoms with Crippen LogP contribution in [0.5, 0.6) is 0 Å². The zero-order chi connectivity index (χ0) is 24.2. The van der Waals surface area contributed by atoms with E-state index in [4.69, 9.17) is 17.3 Å². The summed E-state index contributed by atoms with van der Waals surface area (Å²) in [4.78, 5) is 14.0. The molecule has 35 heavy (non-hydrogen) atoms. The molecule has 2 aromatic heterocycles. The van der Waals surface area contributed by atoms with Crippen molar-refractivity contribution in [1.82, 2.24) is 15.0 Å². The molecule has 0 aliphatic carbocycles. The van der Waals surface area contributed by atoms with E-state index in [0.29, 0.717) is 23.5 Å². The number of nitrogens with one attached hydrogen (secondary N) is 1. The summed E-state index contributed by atoms with van der Waals surface area (Å²) in [5, 5.41) is 14.2. The third-order valence-electron chi connectivity index (χ3n) is 5.61. The molecule has 6 nitrogen and oxygen atoms in total. The number of thiophene rings is 1. The van der Waals surface area contributed by atoms with E-state index < -0.39 is 0 Å². The van der Waals surface area contributed by atoms with Gasteiger partial charge in [0.2, 0.25) is 0 Å². The number of hydrogen-bond acceptors (Lipinski definition) is 5. The number of halogens is 1. The largest absolute Gasteiger partial charge is 0.397 e. The lowest BCUT2D eigenvalue weighted by Gasteiger charge is -2.10. The van der Waals surface area contributed by atoms with Gasteiger partial charge in [-0.25, -0.2) is 0 Å². The normalized spacial score (nSPS) is 10.9. The monoisotopic (exact) mass is 499 g/mol. The number of hydrogen-bond donors (Lipinski definition) is 2. The minimum absolute atomic E-state index is 0.225. The highest BCUT2D eigenvalue weighted by Gasteiger charge is 2.11. The highest BCUT2D eigenvalue weighted by molar-refractivity contribution is 7.13. The number of aryl methyl sites for hydroxylation is 2. The maximum absolute atomic E-state index is 12.9. The summed E-state index contributed by atoms with van der Waals surface area (Å²) >= 11 is 7.70. The second-order valence-electron chi connectivity index (χ2n) is 8.06. The summed E-state index contributed by atoms with van der Waals surface area (Å²) in [6, 6.07) is 24.8. The van der Waals surface area contributed by atoms with Crippen LogP contribution in [0.1, 0.15) is 15.9 Å². The quantitative estimate of drug-likeness (QED) is 0.253. The predicted octanol–water partition coefficient (Wildman–Crippen LogP) is 6.40. The van der Waals surface area contributed by atoms with E-state index in [1.807, 2.05) is 78.3 Å². The SMILES string of the molecule is Nc1ccc(-c2cccs2)cc1NC(=O)c1ccc(-c2cn(CCc3cccc(Cl)c3)nn2)cc1. The molecule has 0 fully saturated rings. The highest BCUT2D eigenvalue weighted by atomic mass is 35.5. The fourth-order valence-electron chi connectivity index (χ4n) is 3.72. The topological polar surface area (TPSA) is 85.8 Å². The van der Waals surface area contributed by atoms with Crippen LogP contribution in [0.3, 0.4) is 0 Å². The third-order valence-corrected chi connectivity index (χ3v) is 6.76. The number of carbonyl (C=O) groups is 1. The van der Waals surface area contributed by atoms with Crippen LogP contribution in [0.4, 0.5) is 11.4 Å². The van der Waals surface area contributed by atoms with Crippen molar-refractivity contribution in [2.45, 2.75) is 13.0 Å². The van der Waals surface area contributed by atoms with E-state index in [2.05, 4.69) is 15.6 Å². The van der Waals surface area contributed by atoms with Crippen LogP contribution in [-0.2, 0) is 13.0 Å². The average molecular weight is 500 g/mol. The average Bonchev–Trinajstić information content (AvgIpc) is 3.57. The van der Waals surface area contributed by atoms with E-state index in [9.17, 15) is 4.79 Å². The van der Waals surface area contributed by atoms with Gasteiger partial charge in [-0.3, -0.25) is 9.48 Å². The lowest BCUT2D eigenvalue weighted by molar-refractivity contribution is 0.102. The van der Waals surface area contributed by atoms with Gasteiger partial charge in [-0.2, -0.15) is 0 Å². The summed E-state index contributed by atoms with van der Waals surface area (Å²) in [5.41, 5.74) is 11.5. The zero-order valence-corrected chi connectivity index (χ0v) is 20.3. The van der Waals surface area contributed by atoms with Crippen molar-refractivity contribution in [1.29, 1.82) is 0 Å². The molecular formula is C27H22ClN5OS. The first-order chi connectivity index (χ1) is 17.0. The maximum atomic E-state index is 12.9. The Labute approximate surface area is 212 Å². The second kappa shape index (κ2) is 10.1. The number of nitrogens with zero attached hydrogens (tertiary/aromatic N) is 3. The fraction of sp³-hybridized carbons (Fsp3) is 0.0741. The summed E-state index contributed by atoms with van der Waals surface area (Å²) in [6.07, 6.45) is 2.70. The minimum atomic E-state index is -0.225. The van der Waals surface area contributed by atoms with Gasteiger partial charge in [0.25, 0.3) is 5.91 Å². The number of aromatic nitrogens is 3. The van der Waals surface area contributed by atoms with Crippen LogP contribution in [0.2, 0.25) is 5.02 Å². The Morgan fingerprint density at radius 3 is 2.60 bits per heavy atom. The van der Waals surface area contributed by atoms with Gasteiger partial charge in [-0.1, -0.05) is 53.2 Å². The first kappa shape index (κ1) is 22.8. The molecule has 0 saturated carbocycles. The molecule has 0 unspecified atom stereocenters. The van der Waals surface area contributed by atoms with Gasteiger partial charge in [0.1, 0.15) is 5.69 Å². The van der Waals surface area contributed by atoms with Crippen LogP contribution in [0, 0.1) is 0 Å². The zero-order valence-electron chi connectivity index (χ0n) is 18.7. The van der Waals surface area contributed by atoms with Gasteiger partial charge in [0.05, 0.1) is 17.6 Å².